The monoisotopic (exact) mass is 298 g/mol. The molecule has 0 fully saturated rings. The number of aromatic nitrogens is 2. The van der Waals surface area contributed by atoms with Gasteiger partial charge < -0.3 is 4.74 Å². The van der Waals surface area contributed by atoms with Gasteiger partial charge in [0, 0.05) is 5.56 Å². The van der Waals surface area contributed by atoms with Gasteiger partial charge in [0.05, 0.1) is 0 Å². The van der Waals surface area contributed by atoms with Crippen LogP contribution in [-0.4, -0.2) is 10.2 Å². The second kappa shape index (κ2) is 6.34. The van der Waals surface area contributed by atoms with Crippen LogP contribution in [0.5, 0.6) is 5.75 Å². The van der Waals surface area contributed by atoms with Gasteiger partial charge in [-0.05, 0) is 11.6 Å². The number of hydrogen-bond acceptors (Lipinski definition) is 6. The van der Waals surface area contributed by atoms with Crippen molar-refractivity contribution in [3.8, 4) is 16.9 Å². The summed E-state index contributed by atoms with van der Waals surface area (Å²) in [4.78, 5) is 0. The third-order valence-corrected chi connectivity index (χ3v) is 3.74. The highest BCUT2D eigenvalue weighted by Gasteiger charge is 2.08. The summed E-state index contributed by atoms with van der Waals surface area (Å²) in [6.45, 7) is 0.364. The average Bonchev–Trinajstić information content (AvgIpc) is 3.02. The predicted molar refractivity (Wildman–Crippen MR) is 83.9 cm³/mol. The summed E-state index contributed by atoms with van der Waals surface area (Å²) in [7, 11) is 0. The molecule has 3 rings (SSSR count). The third kappa shape index (κ3) is 3.18. The van der Waals surface area contributed by atoms with Gasteiger partial charge in [-0.15, -0.1) is 10.2 Å². The fourth-order valence-electron chi connectivity index (χ4n) is 1.96. The van der Waals surface area contributed by atoms with E-state index >= 15 is 0 Å². The first kappa shape index (κ1) is 13.5. The number of nitrogens with one attached hydrogen (secondary N) is 1. The highest BCUT2D eigenvalue weighted by molar-refractivity contribution is 7.15. The maximum Gasteiger partial charge on any atom is 0.219 e. The van der Waals surface area contributed by atoms with Crippen LogP contribution in [0.1, 0.15) is 5.01 Å². The molecule has 5 nitrogen and oxygen atoms in total. The van der Waals surface area contributed by atoms with Gasteiger partial charge in [0.1, 0.15) is 12.4 Å². The Bertz CT molecular complexity index is 714. The van der Waals surface area contributed by atoms with Crippen LogP contribution in [0, 0.1) is 0 Å². The van der Waals surface area contributed by atoms with E-state index in [1.807, 2.05) is 42.5 Å². The molecule has 0 saturated heterocycles. The van der Waals surface area contributed by atoms with E-state index < -0.39 is 0 Å². The van der Waals surface area contributed by atoms with E-state index in [1.165, 1.54) is 11.3 Å². The Balaban J connectivity index is 1.79. The molecule has 1 aromatic heterocycles. The van der Waals surface area contributed by atoms with E-state index in [1.54, 1.807) is 0 Å². The van der Waals surface area contributed by atoms with E-state index in [-0.39, 0.29) is 0 Å². The smallest absolute Gasteiger partial charge is 0.219 e. The van der Waals surface area contributed by atoms with E-state index in [9.17, 15) is 0 Å². The van der Waals surface area contributed by atoms with Crippen LogP contribution < -0.4 is 16.0 Å². The van der Waals surface area contributed by atoms with Gasteiger partial charge in [-0.1, -0.05) is 59.9 Å². The standard InChI is InChI=1S/C15H14N4OS/c16-17-15-19-18-14(21-15)10-20-13-9-5-4-8-12(13)11-6-2-1-3-7-11/h1-9H,10,16H2,(H,17,19). The highest BCUT2D eigenvalue weighted by atomic mass is 32.1. The van der Waals surface area contributed by atoms with Crippen molar-refractivity contribution in [1.82, 2.24) is 10.2 Å². The maximum absolute atomic E-state index is 5.87. The van der Waals surface area contributed by atoms with Crippen LogP contribution in [0.2, 0.25) is 0 Å². The first-order chi connectivity index (χ1) is 10.4. The van der Waals surface area contributed by atoms with Crippen LogP contribution in [0.15, 0.2) is 54.6 Å². The Morgan fingerprint density at radius 1 is 1.00 bits per heavy atom. The van der Waals surface area contributed by atoms with Gasteiger partial charge in [0.2, 0.25) is 5.13 Å². The number of para-hydroxylation sites is 1. The fraction of sp³-hybridized carbons (Fsp3) is 0.0667. The van der Waals surface area contributed by atoms with Gasteiger partial charge in [0.15, 0.2) is 5.01 Å². The first-order valence-electron chi connectivity index (χ1n) is 6.43. The summed E-state index contributed by atoms with van der Waals surface area (Å²) >= 11 is 1.37. The number of anilines is 1. The summed E-state index contributed by atoms with van der Waals surface area (Å²) in [6.07, 6.45) is 0. The number of hydrazine groups is 1. The lowest BCUT2D eigenvalue weighted by atomic mass is 10.1. The van der Waals surface area contributed by atoms with E-state index in [0.29, 0.717) is 11.7 Å². The Hall–Kier alpha value is -2.44. The summed E-state index contributed by atoms with van der Waals surface area (Å²) < 4.78 is 5.87. The van der Waals surface area contributed by atoms with Crippen molar-refractivity contribution in [3.63, 3.8) is 0 Å². The van der Waals surface area contributed by atoms with Crippen molar-refractivity contribution < 1.29 is 4.74 Å². The van der Waals surface area contributed by atoms with Gasteiger partial charge in [-0.25, -0.2) is 5.84 Å². The molecule has 0 bridgehead atoms. The van der Waals surface area contributed by atoms with Crippen molar-refractivity contribution in [2.45, 2.75) is 6.61 Å². The number of rotatable bonds is 5. The van der Waals surface area contributed by atoms with Gasteiger partial charge in [0.25, 0.3) is 0 Å². The number of ether oxygens (including phenoxy) is 1. The normalized spacial score (nSPS) is 10.3. The molecule has 0 saturated carbocycles. The number of nitrogens with two attached hydrogens (primary N) is 1. The van der Waals surface area contributed by atoms with Crippen LogP contribution in [0.3, 0.4) is 0 Å². The largest absolute Gasteiger partial charge is 0.486 e. The SMILES string of the molecule is NNc1nnc(COc2ccccc2-c2ccccc2)s1. The van der Waals surface area contributed by atoms with Gasteiger partial charge >= 0.3 is 0 Å². The number of nitrogens with zero attached hydrogens (tertiary/aromatic N) is 2. The highest BCUT2D eigenvalue weighted by Crippen LogP contribution is 2.30. The minimum atomic E-state index is 0.364. The molecule has 106 valence electrons. The first-order valence-corrected chi connectivity index (χ1v) is 7.25. The summed E-state index contributed by atoms with van der Waals surface area (Å²) in [5.74, 6) is 6.11. The molecule has 0 amide bonds. The second-order valence-corrected chi connectivity index (χ2v) is 5.36. The van der Waals surface area contributed by atoms with E-state index in [0.717, 1.165) is 21.9 Å². The lowest BCUT2D eigenvalue weighted by Gasteiger charge is -2.10. The quantitative estimate of drug-likeness (QED) is 0.559. The molecule has 21 heavy (non-hydrogen) atoms. The Morgan fingerprint density at radius 2 is 1.76 bits per heavy atom. The summed E-state index contributed by atoms with van der Waals surface area (Å²) in [5.41, 5.74) is 4.65. The fourth-order valence-corrected chi connectivity index (χ4v) is 2.52. The Kier molecular flexibility index (Phi) is 4.09. The molecule has 3 N–H and O–H groups in total. The molecule has 2 aromatic carbocycles. The minimum absolute atomic E-state index is 0.364. The van der Waals surface area contributed by atoms with Crippen LogP contribution >= 0.6 is 11.3 Å². The number of benzene rings is 2. The molecule has 1 heterocycles. The second-order valence-electron chi connectivity index (χ2n) is 4.30. The Morgan fingerprint density at radius 3 is 2.52 bits per heavy atom. The molecule has 0 atom stereocenters. The number of hydrogen-bond donors (Lipinski definition) is 2. The summed E-state index contributed by atoms with van der Waals surface area (Å²) in [5, 5.41) is 9.23. The van der Waals surface area contributed by atoms with Crippen molar-refractivity contribution in [2.75, 3.05) is 5.43 Å². The molecule has 0 spiro atoms. The predicted octanol–water partition coefficient (Wildman–Crippen LogP) is 3.07. The van der Waals surface area contributed by atoms with Gasteiger partial charge in [-0.3, -0.25) is 5.43 Å². The lowest BCUT2D eigenvalue weighted by Crippen LogP contribution is -2.05. The molecule has 0 aliphatic carbocycles. The molecule has 0 aliphatic rings. The molecule has 0 aliphatic heterocycles. The van der Waals surface area contributed by atoms with E-state index in [4.69, 9.17) is 10.6 Å². The minimum Gasteiger partial charge on any atom is -0.486 e. The average molecular weight is 298 g/mol. The lowest BCUT2D eigenvalue weighted by molar-refractivity contribution is 0.306. The molecular formula is C15H14N4OS. The van der Waals surface area contributed by atoms with Gasteiger partial charge in [-0.2, -0.15) is 0 Å². The maximum atomic E-state index is 5.87. The van der Waals surface area contributed by atoms with Crippen LogP contribution in [-0.2, 0) is 6.61 Å². The van der Waals surface area contributed by atoms with Crippen LogP contribution in [0.4, 0.5) is 5.13 Å². The number of nitrogen functional groups attached to an aromatic ring is 1. The molecule has 0 unspecified atom stereocenters. The van der Waals surface area contributed by atoms with Crippen molar-refractivity contribution >= 4 is 16.5 Å². The summed E-state index contributed by atoms with van der Waals surface area (Å²) in [6, 6.07) is 18.1. The molecular weight excluding hydrogens is 284 g/mol. The zero-order valence-electron chi connectivity index (χ0n) is 11.2. The van der Waals surface area contributed by atoms with Crippen LogP contribution in [0.25, 0.3) is 11.1 Å². The van der Waals surface area contributed by atoms with Crippen molar-refractivity contribution in [2.24, 2.45) is 5.84 Å². The van der Waals surface area contributed by atoms with Crippen molar-refractivity contribution in [3.05, 3.63) is 59.6 Å². The Labute approximate surface area is 126 Å². The van der Waals surface area contributed by atoms with Crippen molar-refractivity contribution in [1.29, 1.82) is 0 Å². The zero-order chi connectivity index (χ0) is 14.5. The third-order valence-electron chi connectivity index (χ3n) is 2.91. The van der Waals surface area contributed by atoms with E-state index in [2.05, 4.69) is 27.8 Å². The molecule has 3 aromatic rings. The topological polar surface area (TPSA) is 73.1 Å². The molecule has 0 radical (unpaired) electrons. The molecule has 6 heteroatoms. The zero-order valence-corrected chi connectivity index (χ0v) is 12.0.